The fourth-order valence-corrected chi connectivity index (χ4v) is 4.60. The maximum absolute atomic E-state index is 3.51. The molecule has 2 N–H and O–H groups in total. The minimum Gasteiger partial charge on any atom is -0.386 e. The van der Waals surface area contributed by atoms with E-state index in [1.54, 1.807) is 11.1 Å². The molecule has 0 fully saturated rings. The van der Waals surface area contributed by atoms with Gasteiger partial charge < -0.3 is 10.6 Å². The molecule has 0 bridgehead atoms. The van der Waals surface area contributed by atoms with E-state index in [4.69, 9.17) is 0 Å². The van der Waals surface area contributed by atoms with Crippen LogP contribution in [0.1, 0.15) is 63.6 Å². The number of allylic oxidation sites excluding steroid dienone is 2. The Bertz CT molecular complexity index is 805. The third-order valence-electron chi connectivity index (χ3n) is 6.54. The summed E-state index contributed by atoms with van der Waals surface area (Å²) in [7, 11) is 0. The highest BCUT2D eigenvalue weighted by molar-refractivity contribution is 5.74. The molecule has 0 spiro atoms. The molecule has 1 aliphatic carbocycles. The Labute approximate surface area is 158 Å². The predicted octanol–water partition coefficient (Wildman–Crippen LogP) is 4.83. The van der Waals surface area contributed by atoms with Gasteiger partial charge in [0, 0.05) is 19.3 Å². The van der Waals surface area contributed by atoms with E-state index in [-0.39, 0.29) is 10.8 Å². The molecule has 2 heterocycles. The third kappa shape index (κ3) is 3.16. The molecule has 2 heteroatoms. The van der Waals surface area contributed by atoms with Crippen molar-refractivity contribution in [2.24, 2.45) is 0 Å². The molecule has 4 rings (SSSR count). The van der Waals surface area contributed by atoms with E-state index in [1.165, 1.54) is 35.1 Å². The second-order valence-electron chi connectivity index (χ2n) is 9.36. The molecule has 0 amide bonds. The highest BCUT2D eigenvalue weighted by atomic mass is 14.9. The Hall–Kier alpha value is -1.80. The van der Waals surface area contributed by atoms with Crippen molar-refractivity contribution in [1.29, 1.82) is 0 Å². The number of benzene rings is 1. The number of hydrogen-bond acceptors (Lipinski definition) is 2. The molecule has 1 aromatic carbocycles. The van der Waals surface area contributed by atoms with Gasteiger partial charge in [-0.15, -0.1) is 0 Å². The van der Waals surface area contributed by atoms with Crippen molar-refractivity contribution in [3.8, 4) is 0 Å². The van der Waals surface area contributed by atoms with E-state index >= 15 is 0 Å². The van der Waals surface area contributed by atoms with Crippen LogP contribution in [0, 0.1) is 0 Å². The van der Waals surface area contributed by atoms with Crippen molar-refractivity contribution in [2.45, 2.75) is 57.8 Å². The SMILES string of the molecule is CC1(C)CCC(C)(C)c2cc(C3=CC(C4=CCNCC4)=CNC3)ccc21. The maximum atomic E-state index is 3.51. The lowest BCUT2D eigenvalue weighted by Crippen LogP contribution is -2.34. The average Bonchev–Trinajstić information content (AvgIpc) is 2.66. The monoisotopic (exact) mass is 348 g/mol. The number of nitrogens with one attached hydrogen (secondary N) is 2. The van der Waals surface area contributed by atoms with Crippen LogP contribution < -0.4 is 10.6 Å². The average molecular weight is 349 g/mol. The second kappa shape index (κ2) is 6.42. The lowest BCUT2D eigenvalue weighted by atomic mass is 9.63. The first-order valence-electron chi connectivity index (χ1n) is 10.1. The molecular weight excluding hydrogens is 316 g/mol. The van der Waals surface area contributed by atoms with Crippen LogP contribution in [0.4, 0.5) is 0 Å². The highest BCUT2D eigenvalue weighted by Crippen LogP contribution is 2.46. The molecule has 2 nitrogen and oxygen atoms in total. The summed E-state index contributed by atoms with van der Waals surface area (Å²) in [6, 6.07) is 7.22. The van der Waals surface area contributed by atoms with Crippen molar-refractivity contribution in [3.05, 3.63) is 64.4 Å². The summed E-state index contributed by atoms with van der Waals surface area (Å²) < 4.78 is 0. The van der Waals surface area contributed by atoms with Crippen molar-refractivity contribution in [1.82, 2.24) is 10.6 Å². The summed E-state index contributed by atoms with van der Waals surface area (Å²) in [4.78, 5) is 0. The smallest absolute Gasteiger partial charge is 0.0401 e. The minimum absolute atomic E-state index is 0.264. The molecule has 138 valence electrons. The van der Waals surface area contributed by atoms with E-state index < -0.39 is 0 Å². The first-order chi connectivity index (χ1) is 12.4. The first-order valence-corrected chi connectivity index (χ1v) is 10.1. The van der Waals surface area contributed by atoms with E-state index in [9.17, 15) is 0 Å². The maximum Gasteiger partial charge on any atom is 0.0401 e. The molecule has 2 aliphatic heterocycles. The van der Waals surface area contributed by atoms with Gasteiger partial charge in [0.2, 0.25) is 0 Å². The summed E-state index contributed by atoms with van der Waals surface area (Å²) in [5.74, 6) is 0. The summed E-state index contributed by atoms with van der Waals surface area (Å²) >= 11 is 0. The zero-order valence-corrected chi connectivity index (χ0v) is 16.7. The Kier molecular flexibility index (Phi) is 4.35. The number of hydrogen-bond donors (Lipinski definition) is 2. The van der Waals surface area contributed by atoms with Gasteiger partial charge in [0.05, 0.1) is 0 Å². The fourth-order valence-electron chi connectivity index (χ4n) is 4.60. The van der Waals surface area contributed by atoms with Crippen LogP contribution >= 0.6 is 0 Å². The summed E-state index contributed by atoms with van der Waals surface area (Å²) in [5, 5.41) is 6.91. The van der Waals surface area contributed by atoms with E-state index in [2.05, 4.69) is 74.9 Å². The molecule has 0 aromatic heterocycles. The molecule has 0 radical (unpaired) electrons. The zero-order valence-electron chi connectivity index (χ0n) is 16.7. The fraction of sp³-hybridized carbons (Fsp3) is 0.500. The van der Waals surface area contributed by atoms with Crippen LogP contribution in [0.3, 0.4) is 0 Å². The molecule has 0 atom stereocenters. The van der Waals surface area contributed by atoms with Crippen molar-refractivity contribution in [3.63, 3.8) is 0 Å². The molecule has 0 saturated heterocycles. The molecule has 0 unspecified atom stereocenters. The van der Waals surface area contributed by atoms with Gasteiger partial charge >= 0.3 is 0 Å². The van der Waals surface area contributed by atoms with Gasteiger partial charge in [-0.05, 0) is 76.1 Å². The van der Waals surface area contributed by atoms with Crippen LogP contribution in [0.25, 0.3) is 5.57 Å². The van der Waals surface area contributed by atoms with E-state index in [0.717, 1.165) is 26.1 Å². The number of fused-ring (bicyclic) bond motifs is 1. The van der Waals surface area contributed by atoms with Gasteiger partial charge in [0.25, 0.3) is 0 Å². The minimum atomic E-state index is 0.264. The highest BCUT2D eigenvalue weighted by Gasteiger charge is 2.37. The zero-order chi connectivity index (χ0) is 18.4. The number of rotatable bonds is 2. The molecule has 26 heavy (non-hydrogen) atoms. The van der Waals surface area contributed by atoms with Crippen molar-refractivity contribution < 1.29 is 0 Å². The lowest BCUT2D eigenvalue weighted by molar-refractivity contribution is 0.332. The third-order valence-corrected chi connectivity index (χ3v) is 6.54. The van der Waals surface area contributed by atoms with Crippen LogP contribution in [-0.2, 0) is 10.8 Å². The standard InChI is InChI=1S/C24H32N2/c1-23(2)9-10-24(3,4)22-14-18(5-6-21(22)23)20-13-19(15-26-16-20)17-7-11-25-12-8-17/h5-7,13-15,25-26H,8-12,16H2,1-4H3. The van der Waals surface area contributed by atoms with E-state index in [1.807, 2.05) is 0 Å². The first kappa shape index (κ1) is 17.6. The van der Waals surface area contributed by atoms with Gasteiger partial charge in [-0.2, -0.15) is 0 Å². The molecular formula is C24H32N2. The summed E-state index contributed by atoms with van der Waals surface area (Å²) in [6.07, 6.45) is 10.6. The van der Waals surface area contributed by atoms with Gasteiger partial charge in [-0.25, -0.2) is 0 Å². The Morgan fingerprint density at radius 1 is 0.923 bits per heavy atom. The Balaban J connectivity index is 1.72. The van der Waals surface area contributed by atoms with Gasteiger partial charge in [0.15, 0.2) is 0 Å². The van der Waals surface area contributed by atoms with Crippen LogP contribution in [0.2, 0.25) is 0 Å². The summed E-state index contributed by atoms with van der Waals surface area (Å²) in [5.41, 5.74) is 9.24. The number of dihydropyridines is 1. The Morgan fingerprint density at radius 2 is 1.69 bits per heavy atom. The van der Waals surface area contributed by atoms with Crippen LogP contribution in [0.15, 0.2) is 47.7 Å². The topological polar surface area (TPSA) is 24.1 Å². The lowest BCUT2D eigenvalue weighted by Gasteiger charge is -2.42. The molecule has 1 aromatic rings. The van der Waals surface area contributed by atoms with Gasteiger partial charge in [-0.1, -0.05) is 52.0 Å². The molecule has 3 aliphatic rings. The van der Waals surface area contributed by atoms with Crippen molar-refractivity contribution in [2.75, 3.05) is 19.6 Å². The largest absolute Gasteiger partial charge is 0.386 e. The normalized spacial score (nSPS) is 23.9. The summed E-state index contributed by atoms with van der Waals surface area (Å²) in [6.45, 7) is 12.6. The quantitative estimate of drug-likeness (QED) is 0.800. The van der Waals surface area contributed by atoms with Crippen LogP contribution in [-0.4, -0.2) is 19.6 Å². The second-order valence-corrected chi connectivity index (χ2v) is 9.36. The Morgan fingerprint density at radius 3 is 2.42 bits per heavy atom. The van der Waals surface area contributed by atoms with Crippen molar-refractivity contribution >= 4 is 5.57 Å². The van der Waals surface area contributed by atoms with Crippen LogP contribution in [0.5, 0.6) is 0 Å². The van der Waals surface area contributed by atoms with E-state index in [0.29, 0.717) is 0 Å². The van der Waals surface area contributed by atoms with Gasteiger partial charge in [0.1, 0.15) is 0 Å². The molecule has 0 saturated carbocycles. The van der Waals surface area contributed by atoms with Gasteiger partial charge in [-0.3, -0.25) is 0 Å². The predicted molar refractivity (Wildman–Crippen MR) is 111 cm³/mol.